The molecule has 0 radical (unpaired) electrons. The molecule has 202 valence electrons. The molecule has 0 saturated carbocycles. The molecule has 9 heteroatoms. The van der Waals surface area contributed by atoms with Crippen molar-refractivity contribution >= 4 is 29.4 Å². The molecule has 0 aliphatic carbocycles. The van der Waals surface area contributed by atoms with Crippen LogP contribution >= 0.6 is 11.8 Å². The summed E-state index contributed by atoms with van der Waals surface area (Å²) in [7, 11) is 0. The molecule has 8 nitrogen and oxygen atoms in total. The summed E-state index contributed by atoms with van der Waals surface area (Å²) < 4.78 is 16.4. The first-order chi connectivity index (χ1) is 17.9. The summed E-state index contributed by atoms with van der Waals surface area (Å²) in [6, 6.07) is 11.8. The second kappa shape index (κ2) is 15.6. The van der Waals surface area contributed by atoms with E-state index in [-0.39, 0.29) is 42.2 Å². The van der Waals surface area contributed by atoms with Crippen LogP contribution in [0.3, 0.4) is 0 Å². The maximum absolute atomic E-state index is 13.3. The Hall–Kier alpha value is -2.62. The fourth-order valence-corrected chi connectivity index (χ4v) is 4.94. The lowest BCUT2D eigenvalue weighted by Crippen LogP contribution is -2.53. The van der Waals surface area contributed by atoms with Gasteiger partial charge in [0.15, 0.2) is 12.1 Å². The van der Waals surface area contributed by atoms with Gasteiger partial charge in [-0.3, -0.25) is 14.4 Å². The van der Waals surface area contributed by atoms with E-state index in [0.717, 1.165) is 30.6 Å². The zero-order valence-electron chi connectivity index (χ0n) is 21.6. The molecular weight excluding hydrogens is 492 g/mol. The van der Waals surface area contributed by atoms with Crippen LogP contribution in [0.2, 0.25) is 0 Å². The summed E-state index contributed by atoms with van der Waals surface area (Å²) in [5, 5.41) is 5.72. The number of carbonyl (C=O) groups excluding carboxylic acids is 3. The standard InChI is InChI=1S/C28H38N2O6S/c1-20(2)15-24(29-26(32)17-36-27-12-6-7-13-35-27)28(33)30-23(16-21-9-4-3-5-10-21)25(31)19-37-18-22-11-8-14-34-22/h3-5,8-11,14,20,23-24,27H,6-7,12-13,15-19H2,1-2H3,(H,29,32)(H,30,33). The highest BCUT2D eigenvalue weighted by atomic mass is 32.2. The van der Waals surface area contributed by atoms with Crippen molar-refractivity contribution in [1.82, 2.24) is 10.6 Å². The van der Waals surface area contributed by atoms with Crippen molar-refractivity contribution in [2.75, 3.05) is 19.0 Å². The minimum absolute atomic E-state index is 0.0823. The number of hydrogen-bond donors (Lipinski definition) is 2. The molecule has 1 aliphatic heterocycles. The van der Waals surface area contributed by atoms with E-state index < -0.39 is 12.1 Å². The number of hydrogen-bond acceptors (Lipinski definition) is 7. The normalized spacial score (nSPS) is 17.2. The van der Waals surface area contributed by atoms with Crippen LogP contribution in [0.4, 0.5) is 0 Å². The monoisotopic (exact) mass is 530 g/mol. The van der Waals surface area contributed by atoms with Crippen LogP contribution in [0.15, 0.2) is 53.1 Å². The Morgan fingerprint density at radius 1 is 1.05 bits per heavy atom. The maximum Gasteiger partial charge on any atom is 0.246 e. The van der Waals surface area contributed by atoms with Gasteiger partial charge in [-0.15, -0.1) is 11.8 Å². The van der Waals surface area contributed by atoms with E-state index >= 15 is 0 Å². The number of ketones is 1. The molecule has 2 N–H and O–H groups in total. The fraction of sp³-hybridized carbons (Fsp3) is 0.536. The van der Waals surface area contributed by atoms with Gasteiger partial charge in [-0.05, 0) is 55.7 Å². The Labute approximate surface area is 223 Å². The van der Waals surface area contributed by atoms with Crippen molar-refractivity contribution in [2.45, 2.75) is 70.1 Å². The minimum Gasteiger partial charge on any atom is -0.468 e. The molecule has 1 aliphatic rings. The number of amides is 2. The highest BCUT2D eigenvalue weighted by molar-refractivity contribution is 7.99. The zero-order valence-corrected chi connectivity index (χ0v) is 22.5. The summed E-state index contributed by atoms with van der Waals surface area (Å²) in [6.45, 7) is 4.41. The number of furan rings is 1. The van der Waals surface area contributed by atoms with Crippen molar-refractivity contribution in [1.29, 1.82) is 0 Å². The molecule has 1 aromatic heterocycles. The van der Waals surface area contributed by atoms with E-state index in [1.165, 1.54) is 11.8 Å². The summed E-state index contributed by atoms with van der Waals surface area (Å²) in [4.78, 5) is 39.1. The summed E-state index contributed by atoms with van der Waals surface area (Å²) in [6.07, 6.45) is 4.78. The Morgan fingerprint density at radius 2 is 1.86 bits per heavy atom. The van der Waals surface area contributed by atoms with Crippen molar-refractivity contribution in [3.05, 3.63) is 60.1 Å². The molecule has 37 heavy (non-hydrogen) atoms. The van der Waals surface area contributed by atoms with Crippen molar-refractivity contribution in [3.63, 3.8) is 0 Å². The van der Waals surface area contributed by atoms with Crippen molar-refractivity contribution in [3.8, 4) is 0 Å². The predicted octanol–water partition coefficient (Wildman–Crippen LogP) is 3.88. The molecule has 1 fully saturated rings. The first-order valence-electron chi connectivity index (χ1n) is 12.9. The van der Waals surface area contributed by atoms with E-state index in [9.17, 15) is 14.4 Å². The Bertz CT molecular complexity index is 960. The SMILES string of the molecule is CC(C)CC(NC(=O)COC1CCCCO1)C(=O)NC(Cc1ccccc1)C(=O)CSCc1ccco1. The van der Waals surface area contributed by atoms with Gasteiger partial charge in [0.25, 0.3) is 0 Å². The average molecular weight is 531 g/mol. The highest BCUT2D eigenvalue weighted by Crippen LogP contribution is 2.16. The van der Waals surface area contributed by atoms with Gasteiger partial charge in [0.2, 0.25) is 11.8 Å². The highest BCUT2D eigenvalue weighted by Gasteiger charge is 2.28. The van der Waals surface area contributed by atoms with E-state index in [2.05, 4.69) is 10.6 Å². The van der Waals surface area contributed by atoms with Crippen LogP contribution in [0.25, 0.3) is 0 Å². The molecule has 3 unspecified atom stereocenters. The lowest BCUT2D eigenvalue weighted by Gasteiger charge is -2.25. The van der Waals surface area contributed by atoms with E-state index in [1.54, 1.807) is 6.26 Å². The maximum atomic E-state index is 13.3. The molecular formula is C28H38N2O6S. The van der Waals surface area contributed by atoms with E-state index in [4.69, 9.17) is 13.9 Å². The third kappa shape index (κ3) is 10.7. The molecule has 1 saturated heterocycles. The summed E-state index contributed by atoms with van der Waals surface area (Å²) >= 11 is 1.44. The van der Waals surface area contributed by atoms with Crippen LogP contribution < -0.4 is 10.6 Å². The predicted molar refractivity (Wildman–Crippen MR) is 143 cm³/mol. The van der Waals surface area contributed by atoms with Gasteiger partial charge in [0.05, 0.1) is 23.8 Å². The number of nitrogens with one attached hydrogen (secondary N) is 2. The van der Waals surface area contributed by atoms with Crippen LogP contribution in [-0.2, 0) is 36.0 Å². The third-order valence-electron chi connectivity index (χ3n) is 5.95. The largest absolute Gasteiger partial charge is 0.468 e. The van der Waals surface area contributed by atoms with Gasteiger partial charge in [-0.2, -0.15) is 0 Å². The first kappa shape index (κ1) is 28.9. The van der Waals surface area contributed by atoms with Gasteiger partial charge in [-0.1, -0.05) is 44.2 Å². The summed E-state index contributed by atoms with van der Waals surface area (Å²) in [5.74, 6) is 0.918. The Morgan fingerprint density at radius 3 is 2.54 bits per heavy atom. The quantitative estimate of drug-likeness (QED) is 0.360. The molecule has 2 aromatic rings. The first-order valence-corrected chi connectivity index (χ1v) is 14.1. The second-order valence-electron chi connectivity index (χ2n) is 9.65. The number of Topliss-reactive ketones (excluding diaryl/α,β-unsaturated/α-hetero) is 1. The second-order valence-corrected chi connectivity index (χ2v) is 10.6. The third-order valence-corrected chi connectivity index (χ3v) is 6.93. The van der Waals surface area contributed by atoms with Crippen molar-refractivity contribution in [2.24, 2.45) is 5.92 Å². The lowest BCUT2D eigenvalue weighted by molar-refractivity contribution is -0.170. The number of ether oxygens (including phenoxy) is 2. The zero-order chi connectivity index (χ0) is 26.5. The fourth-order valence-electron chi connectivity index (χ4n) is 4.07. The van der Waals surface area contributed by atoms with Gasteiger partial charge in [0.1, 0.15) is 18.4 Å². The number of rotatable bonds is 15. The van der Waals surface area contributed by atoms with Gasteiger partial charge in [0, 0.05) is 6.61 Å². The number of thioether (sulfide) groups is 1. The molecule has 0 spiro atoms. The molecule has 3 atom stereocenters. The Kier molecular flexibility index (Phi) is 12.2. The van der Waals surface area contributed by atoms with Gasteiger partial charge < -0.3 is 24.5 Å². The van der Waals surface area contributed by atoms with E-state index in [0.29, 0.717) is 25.2 Å². The Balaban J connectivity index is 1.60. The lowest BCUT2D eigenvalue weighted by atomic mass is 10.00. The average Bonchev–Trinajstić information content (AvgIpc) is 3.41. The summed E-state index contributed by atoms with van der Waals surface area (Å²) in [5.41, 5.74) is 0.947. The molecule has 2 amide bonds. The number of carbonyl (C=O) groups is 3. The van der Waals surface area contributed by atoms with Crippen LogP contribution in [0.5, 0.6) is 0 Å². The van der Waals surface area contributed by atoms with Gasteiger partial charge in [-0.25, -0.2) is 0 Å². The molecule has 2 heterocycles. The molecule has 3 rings (SSSR count). The van der Waals surface area contributed by atoms with Crippen LogP contribution in [0.1, 0.15) is 50.9 Å². The van der Waals surface area contributed by atoms with Crippen LogP contribution in [0, 0.1) is 5.92 Å². The van der Waals surface area contributed by atoms with Crippen molar-refractivity contribution < 1.29 is 28.3 Å². The molecule has 0 bridgehead atoms. The minimum atomic E-state index is -0.773. The van der Waals surface area contributed by atoms with Crippen LogP contribution in [-0.4, -0.2) is 54.9 Å². The number of benzene rings is 1. The smallest absolute Gasteiger partial charge is 0.246 e. The van der Waals surface area contributed by atoms with Gasteiger partial charge >= 0.3 is 0 Å². The molecule has 1 aromatic carbocycles. The van der Waals surface area contributed by atoms with E-state index in [1.807, 2.05) is 56.3 Å². The topological polar surface area (TPSA) is 107 Å².